The predicted molar refractivity (Wildman–Crippen MR) is 64.5 cm³/mol. The number of benzene rings is 1. The summed E-state index contributed by atoms with van der Waals surface area (Å²) in [5.74, 6) is 0. The van der Waals surface area contributed by atoms with Crippen LogP contribution in [0.15, 0.2) is 28.7 Å². The molecule has 0 saturated heterocycles. The van der Waals surface area contributed by atoms with E-state index in [0.717, 1.165) is 30.2 Å². The second kappa shape index (κ2) is 4.24. The fourth-order valence-corrected chi connectivity index (χ4v) is 2.45. The monoisotopic (exact) mass is 269 g/mol. The summed E-state index contributed by atoms with van der Waals surface area (Å²) in [5, 5.41) is 9.47. The van der Waals surface area contributed by atoms with Gasteiger partial charge in [-0.25, -0.2) is 0 Å². The Labute approximate surface area is 98.6 Å². The molecule has 0 amide bonds. The highest BCUT2D eigenvalue weighted by atomic mass is 79.9. The lowest BCUT2D eigenvalue weighted by Crippen LogP contribution is -2.41. The summed E-state index contributed by atoms with van der Waals surface area (Å²) in [5.41, 5.74) is 7.31. The molecule has 3 heteroatoms. The van der Waals surface area contributed by atoms with Crippen molar-refractivity contribution in [2.45, 2.75) is 37.3 Å². The van der Waals surface area contributed by atoms with Crippen molar-refractivity contribution in [3.63, 3.8) is 0 Å². The quantitative estimate of drug-likeness (QED) is 0.823. The fraction of sp³-hybridized carbons (Fsp3) is 0.500. The van der Waals surface area contributed by atoms with E-state index in [1.807, 2.05) is 12.1 Å². The highest BCUT2D eigenvalue weighted by Crippen LogP contribution is 2.35. The molecular formula is C12H16BrNO. The molecule has 1 aliphatic carbocycles. The SMILES string of the molecule is NC1(c2ccc(Br)cc2)CCC(O)CC1. The molecule has 15 heavy (non-hydrogen) atoms. The van der Waals surface area contributed by atoms with Crippen LogP contribution in [0.2, 0.25) is 0 Å². The Morgan fingerprint density at radius 2 is 1.73 bits per heavy atom. The molecule has 1 saturated carbocycles. The smallest absolute Gasteiger partial charge is 0.0541 e. The first-order valence-electron chi connectivity index (χ1n) is 5.33. The molecule has 1 aromatic rings. The van der Waals surface area contributed by atoms with Crippen LogP contribution in [0.1, 0.15) is 31.2 Å². The van der Waals surface area contributed by atoms with Crippen molar-refractivity contribution in [1.82, 2.24) is 0 Å². The first kappa shape index (κ1) is 11.1. The zero-order valence-electron chi connectivity index (χ0n) is 8.62. The minimum atomic E-state index is -0.236. The molecule has 2 nitrogen and oxygen atoms in total. The van der Waals surface area contributed by atoms with Gasteiger partial charge in [0.2, 0.25) is 0 Å². The minimum absolute atomic E-state index is 0.155. The Morgan fingerprint density at radius 1 is 1.20 bits per heavy atom. The maximum atomic E-state index is 9.47. The zero-order chi connectivity index (χ0) is 10.9. The van der Waals surface area contributed by atoms with Crippen LogP contribution in [-0.4, -0.2) is 11.2 Å². The van der Waals surface area contributed by atoms with Crippen molar-refractivity contribution in [2.75, 3.05) is 0 Å². The molecule has 0 aromatic heterocycles. The number of hydrogen-bond donors (Lipinski definition) is 2. The molecule has 0 unspecified atom stereocenters. The maximum absolute atomic E-state index is 9.47. The number of aliphatic hydroxyl groups is 1. The summed E-state index contributed by atoms with van der Waals surface area (Å²) in [4.78, 5) is 0. The number of halogens is 1. The third-order valence-corrected chi connectivity index (χ3v) is 3.80. The summed E-state index contributed by atoms with van der Waals surface area (Å²) in [7, 11) is 0. The van der Waals surface area contributed by atoms with Crippen molar-refractivity contribution >= 4 is 15.9 Å². The molecule has 2 rings (SSSR count). The molecule has 0 radical (unpaired) electrons. The van der Waals surface area contributed by atoms with Gasteiger partial charge >= 0.3 is 0 Å². The van der Waals surface area contributed by atoms with E-state index in [2.05, 4.69) is 28.1 Å². The van der Waals surface area contributed by atoms with Crippen LogP contribution in [0.25, 0.3) is 0 Å². The number of rotatable bonds is 1. The van der Waals surface area contributed by atoms with E-state index in [1.165, 1.54) is 5.56 Å². The molecule has 3 N–H and O–H groups in total. The maximum Gasteiger partial charge on any atom is 0.0541 e. The average Bonchev–Trinajstić information content (AvgIpc) is 2.24. The molecule has 0 spiro atoms. The van der Waals surface area contributed by atoms with Crippen LogP contribution < -0.4 is 5.73 Å². The topological polar surface area (TPSA) is 46.2 Å². The largest absolute Gasteiger partial charge is 0.393 e. The van der Waals surface area contributed by atoms with Crippen LogP contribution in [0.3, 0.4) is 0 Å². The summed E-state index contributed by atoms with van der Waals surface area (Å²) < 4.78 is 1.07. The van der Waals surface area contributed by atoms with Crippen LogP contribution >= 0.6 is 15.9 Å². The first-order chi connectivity index (χ1) is 7.10. The molecule has 82 valence electrons. The molecule has 0 heterocycles. The lowest BCUT2D eigenvalue weighted by Gasteiger charge is -2.36. The lowest BCUT2D eigenvalue weighted by molar-refractivity contribution is 0.0969. The summed E-state index contributed by atoms with van der Waals surface area (Å²) in [6.45, 7) is 0. The van der Waals surface area contributed by atoms with E-state index in [1.54, 1.807) is 0 Å². The summed E-state index contributed by atoms with van der Waals surface area (Å²) in [6.07, 6.45) is 3.21. The average molecular weight is 270 g/mol. The molecule has 0 bridgehead atoms. The second-order valence-electron chi connectivity index (χ2n) is 4.39. The summed E-state index contributed by atoms with van der Waals surface area (Å²) in [6, 6.07) is 8.19. The van der Waals surface area contributed by atoms with Gasteiger partial charge in [0.25, 0.3) is 0 Å². The third kappa shape index (κ3) is 2.41. The predicted octanol–water partition coefficient (Wildman–Crippen LogP) is 2.54. The molecule has 0 aliphatic heterocycles. The Balaban J connectivity index is 2.18. The highest BCUT2D eigenvalue weighted by Gasteiger charge is 2.32. The van der Waals surface area contributed by atoms with Crippen LogP contribution in [-0.2, 0) is 5.54 Å². The van der Waals surface area contributed by atoms with Crippen LogP contribution in [0.4, 0.5) is 0 Å². The van der Waals surface area contributed by atoms with Gasteiger partial charge in [-0.05, 0) is 43.4 Å². The van der Waals surface area contributed by atoms with Gasteiger partial charge < -0.3 is 10.8 Å². The first-order valence-corrected chi connectivity index (χ1v) is 6.12. The molecule has 1 aliphatic rings. The second-order valence-corrected chi connectivity index (χ2v) is 5.31. The van der Waals surface area contributed by atoms with Crippen molar-refractivity contribution < 1.29 is 5.11 Å². The van der Waals surface area contributed by atoms with Gasteiger partial charge in [-0.1, -0.05) is 28.1 Å². The van der Waals surface area contributed by atoms with Crippen LogP contribution in [0, 0.1) is 0 Å². The van der Waals surface area contributed by atoms with E-state index >= 15 is 0 Å². The Bertz CT molecular complexity index is 328. The minimum Gasteiger partial charge on any atom is -0.393 e. The standard InChI is InChI=1S/C12H16BrNO/c13-10-3-1-9(2-4-10)12(14)7-5-11(15)6-8-12/h1-4,11,15H,5-8,14H2. The zero-order valence-corrected chi connectivity index (χ0v) is 10.2. The van der Waals surface area contributed by atoms with E-state index in [-0.39, 0.29) is 11.6 Å². The third-order valence-electron chi connectivity index (χ3n) is 3.27. The van der Waals surface area contributed by atoms with Gasteiger partial charge in [-0.15, -0.1) is 0 Å². The van der Waals surface area contributed by atoms with Crippen molar-refractivity contribution in [3.8, 4) is 0 Å². The van der Waals surface area contributed by atoms with E-state index in [0.29, 0.717) is 0 Å². The van der Waals surface area contributed by atoms with Gasteiger partial charge in [0.15, 0.2) is 0 Å². The number of aliphatic hydroxyl groups excluding tert-OH is 1. The van der Waals surface area contributed by atoms with Crippen molar-refractivity contribution in [1.29, 1.82) is 0 Å². The van der Waals surface area contributed by atoms with Gasteiger partial charge in [-0.2, -0.15) is 0 Å². The number of hydrogen-bond acceptors (Lipinski definition) is 2. The molecule has 1 fully saturated rings. The Hall–Kier alpha value is -0.380. The Kier molecular flexibility index (Phi) is 3.14. The van der Waals surface area contributed by atoms with E-state index in [4.69, 9.17) is 5.73 Å². The summed E-state index contributed by atoms with van der Waals surface area (Å²) >= 11 is 3.42. The number of nitrogens with two attached hydrogens (primary N) is 1. The van der Waals surface area contributed by atoms with Crippen molar-refractivity contribution in [2.24, 2.45) is 5.73 Å². The van der Waals surface area contributed by atoms with Gasteiger partial charge in [0.1, 0.15) is 0 Å². The molecule has 0 atom stereocenters. The van der Waals surface area contributed by atoms with E-state index < -0.39 is 0 Å². The Morgan fingerprint density at radius 3 is 2.27 bits per heavy atom. The van der Waals surface area contributed by atoms with Crippen molar-refractivity contribution in [3.05, 3.63) is 34.3 Å². The van der Waals surface area contributed by atoms with Gasteiger partial charge in [-0.3, -0.25) is 0 Å². The molecular weight excluding hydrogens is 254 g/mol. The van der Waals surface area contributed by atoms with Gasteiger partial charge in [0.05, 0.1) is 6.10 Å². The lowest BCUT2D eigenvalue weighted by atomic mass is 9.76. The highest BCUT2D eigenvalue weighted by molar-refractivity contribution is 9.10. The molecule has 1 aromatic carbocycles. The fourth-order valence-electron chi connectivity index (χ4n) is 2.19. The van der Waals surface area contributed by atoms with Crippen LogP contribution in [0.5, 0.6) is 0 Å². The van der Waals surface area contributed by atoms with E-state index in [9.17, 15) is 5.11 Å². The van der Waals surface area contributed by atoms with Gasteiger partial charge in [0, 0.05) is 10.0 Å². The normalized spacial score (nSPS) is 31.5.